The third-order valence-corrected chi connectivity index (χ3v) is 3.27. The number of nitrogens with zero attached hydrogens (tertiary/aromatic N) is 1. The quantitative estimate of drug-likeness (QED) is 0.762. The predicted molar refractivity (Wildman–Crippen MR) is 93.6 cm³/mol. The average Bonchev–Trinajstić information content (AvgIpc) is 2.55. The van der Waals surface area contributed by atoms with Gasteiger partial charge in [0.05, 0.1) is 0 Å². The molecule has 6 heteroatoms. The minimum Gasteiger partial charge on any atom is -0.336 e. The van der Waals surface area contributed by atoms with Crippen molar-refractivity contribution in [3.05, 3.63) is 60.4 Å². The topological polar surface area (TPSA) is 83.1 Å². The first-order chi connectivity index (χ1) is 11.5. The fourth-order valence-electron chi connectivity index (χ4n) is 2.19. The lowest BCUT2D eigenvalue weighted by atomic mass is 10.1. The van der Waals surface area contributed by atoms with Crippen molar-refractivity contribution in [3.63, 3.8) is 0 Å². The highest BCUT2D eigenvalue weighted by Crippen LogP contribution is 2.08. The normalized spacial score (nSPS) is 11.6. The van der Waals surface area contributed by atoms with Crippen LogP contribution in [0, 0.1) is 0 Å². The number of amides is 3. The SMILES string of the molecule is CC(C)NC(=O)N[C@@H](Cc1ccccc1)C(=O)Nc1ccncc1. The number of aromatic nitrogens is 1. The Balaban J connectivity index is 2.08. The first kappa shape index (κ1) is 17.5. The maximum atomic E-state index is 12.6. The zero-order valence-corrected chi connectivity index (χ0v) is 13.8. The number of urea groups is 1. The number of rotatable bonds is 6. The minimum absolute atomic E-state index is 0.00867. The Hall–Kier alpha value is -2.89. The molecule has 126 valence electrons. The molecule has 3 amide bonds. The number of hydrogen-bond acceptors (Lipinski definition) is 3. The fraction of sp³-hybridized carbons (Fsp3) is 0.278. The predicted octanol–water partition coefficient (Wildman–Crippen LogP) is 2.34. The average molecular weight is 326 g/mol. The van der Waals surface area contributed by atoms with Crippen LogP contribution in [0.5, 0.6) is 0 Å². The summed E-state index contributed by atoms with van der Waals surface area (Å²) in [7, 11) is 0. The molecular formula is C18H22N4O2. The van der Waals surface area contributed by atoms with Gasteiger partial charge in [-0.05, 0) is 31.5 Å². The summed E-state index contributed by atoms with van der Waals surface area (Å²) in [6, 6.07) is 11.9. The van der Waals surface area contributed by atoms with Gasteiger partial charge in [-0.25, -0.2) is 4.79 Å². The second kappa shape index (κ2) is 8.67. The Morgan fingerprint density at radius 3 is 2.29 bits per heavy atom. The molecule has 0 unspecified atom stereocenters. The molecule has 0 aliphatic carbocycles. The lowest BCUT2D eigenvalue weighted by molar-refractivity contribution is -0.117. The van der Waals surface area contributed by atoms with Crippen LogP contribution in [-0.2, 0) is 11.2 Å². The highest BCUT2D eigenvalue weighted by molar-refractivity contribution is 5.97. The van der Waals surface area contributed by atoms with E-state index >= 15 is 0 Å². The maximum absolute atomic E-state index is 12.6. The third-order valence-electron chi connectivity index (χ3n) is 3.27. The van der Waals surface area contributed by atoms with Crippen LogP contribution >= 0.6 is 0 Å². The molecule has 0 fully saturated rings. The minimum atomic E-state index is -0.681. The monoisotopic (exact) mass is 326 g/mol. The van der Waals surface area contributed by atoms with Gasteiger partial charge >= 0.3 is 6.03 Å². The van der Waals surface area contributed by atoms with Crippen LogP contribution < -0.4 is 16.0 Å². The summed E-state index contributed by atoms with van der Waals surface area (Å²) in [6.45, 7) is 3.73. The first-order valence-corrected chi connectivity index (χ1v) is 7.86. The van der Waals surface area contributed by atoms with Gasteiger partial charge in [0, 0.05) is 30.5 Å². The van der Waals surface area contributed by atoms with Crippen LogP contribution in [0.15, 0.2) is 54.9 Å². The summed E-state index contributed by atoms with van der Waals surface area (Å²) < 4.78 is 0. The fourth-order valence-corrected chi connectivity index (χ4v) is 2.19. The number of nitrogens with one attached hydrogen (secondary N) is 3. The van der Waals surface area contributed by atoms with Crippen molar-refractivity contribution >= 4 is 17.6 Å². The number of benzene rings is 1. The standard InChI is InChI=1S/C18H22N4O2/c1-13(2)20-18(24)22-16(12-14-6-4-3-5-7-14)17(23)21-15-8-10-19-11-9-15/h3-11,13,16H,12H2,1-2H3,(H,19,21,23)(H2,20,22,24)/t16-/m0/s1. The van der Waals surface area contributed by atoms with Crippen molar-refractivity contribution in [3.8, 4) is 0 Å². The number of hydrogen-bond donors (Lipinski definition) is 3. The molecule has 2 rings (SSSR count). The zero-order valence-electron chi connectivity index (χ0n) is 13.8. The third kappa shape index (κ3) is 5.72. The first-order valence-electron chi connectivity index (χ1n) is 7.86. The van der Waals surface area contributed by atoms with Crippen molar-refractivity contribution in [2.75, 3.05) is 5.32 Å². The van der Waals surface area contributed by atoms with Crippen molar-refractivity contribution in [1.29, 1.82) is 0 Å². The van der Waals surface area contributed by atoms with Gasteiger partial charge in [0.1, 0.15) is 6.04 Å². The van der Waals surface area contributed by atoms with Gasteiger partial charge in [0.15, 0.2) is 0 Å². The lowest BCUT2D eigenvalue weighted by Crippen LogP contribution is -2.50. The van der Waals surface area contributed by atoms with E-state index < -0.39 is 6.04 Å². The molecule has 1 aromatic carbocycles. The highest BCUT2D eigenvalue weighted by atomic mass is 16.2. The van der Waals surface area contributed by atoms with Crippen molar-refractivity contribution < 1.29 is 9.59 Å². The smallest absolute Gasteiger partial charge is 0.315 e. The van der Waals surface area contributed by atoms with Gasteiger partial charge in [-0.1, -0.05) is 30.3 Å². The Labute approximate surface area is 141 Å². The molecule has 24 heavy (non-hydrogen) atoms. The van der Waals surface area contributed by atoms with E-state index in [0.717, 1.165) is 5.56 Å². The Morgan fingerprint density at radius 1 is 1.00 bits per heavy atom. The van der Waals surface area contributed by atoms with E-state index in [1.54, 1.807) is 24.5 Å². The lowest BCUT2D eigenvalue weighted by Gasteiger charge is -2.20. The summed E-state index contributed by atoms with van der Waals surface area (Å²) in [6.07, 6.45) is 3.60. The molecular weight excluding hydrogens is 304 g/mol. The summed E-state index contributed by atoms with van der Waals surface area (Å²) in [5, 5.41) is 8.28. The maximum Gasteiger partial charge on any atom is 0.315 e. The molecule has 0 spiro atoms. The van der Waals surface area contributed by atoms with Gasteiger partial charge in [0.2, 0.25) is 5.91 Å². The molecule has 2 aromatic rings. The van der Waals surface area contributed by atoms with Crippen molar-refractivity contribution in [2.24, 2.45) is 0 Å². The zero-order chi connectivity index (χ0) is 17.4. The van der Waals surface area contributed by atoms with Gasteiger partial charge in [-0.2, -0.15) is 0 Å². The molecule has 1 aromatic heterocycles. The van der Waals surface area contributed by atoms with Crippen molar-refractivity contribution in [1.82, 2.24) is 15.6 Å². The molecule has 3 N–H and O–H groups in total. The van der Waals surface area contributed by atoms with E-state index in [4.69, 9.17) is 0 Å². The molecule has 0 radical (unpaired) electrons. The van der Waals surface area contributed by atoms with Crippen LogP contribution in [0.2, 0.25) is 0 Å². The Kier molecular flexibility index (Phi) is 6.31. The van der Waals surface area contributed by atoms with Gasteiger partial charge < -0.3 is 16.0 Å². The number of carbonyl (C=O) groups excluding carboxylic acids is 2. The van der Waals surface area contributed by atoms with E-state index in [0.29, 0.717) is 12.1 Å². The highest BCUT2D eigenvalue weighted by Gasteiger charge is 2.21. The van der Waals surface area contributed by atoms with E-state index in [9.17, 15) is 9.59 Å². The van der Waals surface area contributed by atoms with E-state index in [1.165, 1.54) is 0 Å². The molecule has 0 saturated heterocycles. The Bertz CT molecular complexity index is 659. The molecule has 0 aliphatic heterocycles. The molecule has 1 heterocycles. The van der Waals surface area contributed by atoms with Crippen LogP contribution in [0.1, 0.15) is 19.4 Å². The van der Waals surface area contributed by atoms with Crippen LogP contribution in [0.25, 0.3) is 0 Å². The van der Waals surface area contributed by atoms with Gasteiger partial charge in [0.25, 0.3) is 0 Å². The second-order valence-corrected chi connectivity index (χ2v) is 5.74. The van der Waals surface area contributed by atoms with E-state index in [1.807, 2.05) is 44.2 Å². The second-order valence-electron chi connectivity index (χ2n) is 5.74. The summed E-state index contributed by atoms with van der Waals surface area (Å²) in [5.74, 6) is -0.274. The molecule has 0 saturated carbocycles. The summed E-state index contributed by atoms with van der Waals surface area (Å²) in [4.78, 5) is 28.5. The largest absolute Gasteiger partial charge is 0.336 e. The van der Waals surface area contributed by atoms with Gasteiger partial charge in [-0.15, -0.1) is 0 Å². The van der Waals surface area contributed by atoms with E-state index in [2.05, 4.69) is 20.9 Å². The number of anilines is 1. The summed E-state index contributed by atoms with van der Waals surface area (Å²) >= 11 is 0. The summed E-state index contributed by atoms with van der Waals surface area (Å²) in [5.41, 5.74) is 1.61. The number of carbonyl (C=O) groups is 2. The van der Waals surface area contributed by atoms with E-state index in [-0.39, 0.29) is 18.0 Å². The molecule has 6 nitrogen and oxygen atoms in total. The van der Waals surface area contributed by atoms with Crippen LogP contribution in [0.3, 0.4) is 0 Å². The van der Waals surface area contributed by atoms with Crippen molar-refractivity contribution in [2.45, 2.75) is 32.4 Å². The van der Waals surface area contributed by atoms with Crippen LogP contribution in [-0.4, -0.2) is 29.0 Å². The van der Waals surface area contributed by atoms with Gasteiger partial charge in [-0.3, -0.25) is 9.78 Å². The molecule has 1 atom stereocenters. The number of pyridine rings is 1. The molecule has 0 bridgehead atoms. The molecule has 0 aliphatic rings. The Morgan fingerprint density at radius 2 is 1.67 bits per heavy atom. The van der Waals surface area contributed by atoms with Crippen LogP contribution in [0.4, 0.5) is 10.5 Å².